The molecule has 1 saturated carbocycles. The molecule has 1 fully saturated rings. The molecule has 1 aliphatic carbocycles. The van der Waals surface area contributed by atoms with Gasteiger partial charge in [0, 0.05) is 11.5 Å². The normalized spacial score (nSPS) is 15.2. The van der Waals surface area contributed by atoms with Crippen LogP contribution in [0.25, 0.3) is 0 Å². The van der Waals surface area contributed by atoms with Crippen molar-refractivity contribution in [1.82, 2.24) is 0 Å². The largest absolute Gasteiger partial charge is 0.477 e. The molecule has 0 heterocycles. The summed E-state index contributed by atoms with van der Waals surface area (Å²) in [4.78, 5) is 10.6. The van der Waals surface area contributed by atoms with E-state index in [1.54, 1.807) is 0 Å². The summed E-state index contributed by atoms with van der Waals surface area (Å²) in [6.07, 6.45) is 4.32. The fourth-order valence-electron chi connectivity index (χ4n) is 2.11. The average Bonchev–Trinajstić information content (AvgIpc) is 2.77. The molecule has 0 radical (unpaired) electrons. The van der Waals surface area contributed by atoms with Gasteiger partial charge in [-0.2, -0.15) is 0 Å². The second kappa shape index (κ2) is 5.18. The SMILES string of the molecule is O=C(O)c1c(F)cc(C#CC2CCCC2)cc1F. The summed E-state index contributed by atoms with van der Waals surface area (Å²) >= 11 is 0. The molecule has 0 aromatic heterocycles. The summed E-state index contributed by atoms with van der Waals surface area (Å²) in [5.74, 6) is 2.19. The van der Waals surface area contributed by atoms with Gasteiger partial charge in [-0.15, -0.1) is 0 Å². The zero-order valence-electron chi connectivity index (χ0n) is 9.67. The first-order valence-corrected chi connectivity index (χ1v) is 5.82. The van der Waals surface area contributed by atoms with Crippen molar-refractivity contribution in [2.75, 3.05) is 0 Å². The van der Waals surface area contributed by atoms with Gasteiger partial charge in [0.2, 0.25) is 0 Å². The molecule has 1 aromatic rings. The molecule has 4 heteroatoms. The summed E-state index contributed by atoms with van der Waals surface area (Å²) in [5, 5.41) is 8.62. The van der Waals surface area contributed by atoms with Crippen molar-refractivity contribution in [2.24, 2.45) is 5.92 Å². The number of rotatable bonds is 1. The maximum Gasteiger partial charge on any atom is 0.341 e. The molecule has 0 unspecified atom stereocenters. The lowest BCUT2D eigenvalue weighted by Gasteiger charge is -2.01. The van der Waals surface area contributed by atoms with Gasteiger partial charge >= 0.3 is 5.97 Å². The number of hydrogen-bond acceptors (Lipinski definition) is 1. The highest BCUT2D eigenvalue weighted by atomic mass is 19.1. The molecule has 1 N–H and O–H groups in total. The lowest BCUT2D eigenvalue weighted by atomic mass is 10.1. The third-order valence-electron chi connectivity index (χ3n) is 3.03. The average molecular weight is 250 g/mol. The maximum absolute atomic E-state index is 13.4. The first-order valence-electron chi connectivity index (χ1n) is 5.82. The molecule has 2 nitrogen and oxygen atoms in total. The van der Waals surface area contributed by atoms with Crippen LogP contribution in [0.2, 0.25) is 0 Å². The third kappa shape index (κ3) is 2.67. The summed E-state index contributed by atoms with van der Waals surface area (Å²) in [6.45, 7) is 0. The molecule has 1 aliphatic rings. The van der Waals surface area contributed by atoms with Crippen molar-refractivity contribution in [3.05, 3.63) is 34.9 Å². The Morgan fingerprint density at radius 1 is 1.22 bits per heavy atom. The summed E-state index contributed by atoms with van der Waals surface area (Å²) in [5.41, 5.74) is -0.747. The van der Waals surface area contributed by atoms with Crippen molar-refractivity contribution in [3.63, 3.8) is 0 Å². The van der Waals surface area contributed by atoms with Crippen LogP contribution in [0, 0.1) is 29.4 Å². The van der Waals surface area contributed by atoms with Gasteiger partial charge < -0.3 is 5.11 Å². The molecule has 2 rings (SSSR count). The van der Waals surface area contributed by atoms with E-state index in [0.717, 1.165) is 37.8 Å². The summed E-state index contributed by atoms with van der Waals surface area (Å²) in [6, 6.07) is 1.93. The highest BCUT2D eigenvalue weighted by Crippen LogP contribution is 2.24. The van der Waals surface area contributed by atoms with Crippen LogP contribution in [0.15, 0.2) is 12.1 Å². The topological polar surface area (TPSA) is 37.3 Å². The highest BCUT2D eigenvalue weighted by molar-refractivity contribution is 5.88. The maximum atomic E-state index is 13.4. The van der Waals surface area contributed by atoms with E-state index in [9.17, 15) is 13.6 Å². The van der Waals surface area contributed by atoms with Crippen LogP contribution in [0.1, 0.15) is 41.6 Å². The van der Waals surface area contributed by atoms with Gasteiger partial charge in [0.25, 0.3) is 0 Å². The van der Waals surface area contributed by atoms with E-state index >= 15 is 0 Å². The lowest BCUT2D eigenvalue weighted by Crippen LogP contribution is -2.05. The van der Waals surface area contributed by atoms with Gasteiger partial charge in [0.1, 0.15) is 17.2 Å². The number of aromatic carboxylic acids is 1. The minimum atomic E-state index is -1.61. The van der Waals surface area contributed by atoms with Crippen LogP contribution in [0.5, 0.6) is 0 Å². The van der Waals surface area contributed by atoms with Crippen molar-refractivity contribution < 1.29 is 18.7 Å². The van der Waals surface area contributed by atoms with Crippen LogP contribution in [-0.4, -0.2) is 11.1 Å². The first-order chi connectivity index (χ1) is 8.58. The molecule has 0 atom stereocenters. The van der Waals surface area contributed by atoms with Gasteiger partial charge in [-0.1, -0.05) is 24.7 Å². The molecule has 0 aliphatic heterocycles. The Bertz CT molecular complexity index is 511. The van der Waals surface area contributed by atoms with E-state index in [-0.39, 0.29) is 11.5 Å². The minimum absolute atomic E-state index is 0.182. The fourth-order valence-corrected chi connectivity index (χ4v) is 2.11. The standard InChI is InChI=1S/C14H12F2O2/c15-11-7-10(6-5-9-3-1-2-4-9)8-12(16)13(11)14(17)18/h7-9H,1-4H2,(H,17,18). The first kappa shape index (κ1) is 12.6. The minimum Gasteiger partial charge on any atom is -0.477 e. The van der Waals surface area contributed by atoms with Gasteiger partial charge in [0.05, 0.1) is 0 Å². The summed E-state index contributed by atoms with van der Waals surface area (Å²) in [7, 11) is 0. The van der Waals surface area contributed by atoms with Gasteiger partial charge in [-0.3, -0.25) is 0 Å². The zero-order chi connectivity index (χ0) is 13.1. The molecular weight excluding hydrogens is 238 g/mol. The number of benzene rings is 1. The monoisotopic (exact) mass is 250 g/mol. The highest BCUT2D eigenvalue weighted by Gasteiger charge is 2.17. The zero-order valence-corrected chi connectivity index (χ0v) is 9.67. The van der Waals surface area contributed by atoms with Crippen molar-refractivity contribution in [1.29, 1.82) is 0 Å². The Kier molecular flexibility index (Phi) is 3.61. The molecule has 0 bridgehead atoms. The Morgan fingerprint density at radius 3 is 2.28 bits per heavy atom. The van der Waals surface area contributed by atoms with E-state index in [2.05, 4.69) is 11.8 Å². The van der Waals surface area contributed by atoms with E-state index in [0.29, 0.717) is 0 Å². The molecular formula is C14H12F2O2. The lowest BCUT2D eigenvalue weighted by molar-refractivity contribution is 0.0686. The smallest absolute Gasteiger partial charge is 0.341 e. The van der Waals surface area contributed by atoms with Gasteiger partial charge in [-0.05, 0) is 25.0 Å². The second-order valence-electron chi connectivity index (χ2n) is 4.37. The third-order valence-corrected chi connectivity index (χ3v) is 3.03. The molecule has 0 amide bonds. The number of halogens is 2. The molecule has 94 valence electrons. The number of carboxylic acid groups (broad SMARTS) is 1. The van der Waals surface area contributed by atoms with Crippen LogP contribution >= 0.6 is 0 Å². The number of carboxylic acids is 1. The molecule has 0 spiro atoms. The van der Waals surface area contributed by atoms with Gasteiger partial charge in [0.15, 0.2) is 0 Å². The molecule has 0 saturated heterocycles. The van der Waals surface area contributed by atoms with Crippen LogP contribution < -0.4 is 0 Å². The van der Waals surface area contributed by atoms with E-state index in [4.69, 9.17) is 5.11 Å². The predicted octanol–water partition coefficient (Wildman–Crippen LogP) is 3.20. The van der Waals surface area contributed by atoms with Crippen LogP contribution in [0.3, 0.4) is 0 Å². The van der Waals surface area contributed by atoms with Gasteiger partial charge in [-0.25, -0.2) is 13.6 Å². The van der Waals surface area contributed by atoms with Crippen molar-refractivity contribution in [3.8, 4) is 11.8 Å². The Balaban J connectivity index is 2.27. The number of hydrogen-bond donors (Lipinski definition) is 1. The second-order valence-corrected chi connectivity index (χ2v) is 4.37. The van der Waals surface area contributed by atoms with E-state index < -0.39 is 23.2 Å². The quantitative estimate of drug-likeness (QED) is 0.777. The van der Waals surface area contributed by atoms with Crippen LogP contribution in [0.4, 0.5) is 8.78 Å². The molecule has 1 aromatic carbocycles. The molecule has 18 heavy (non-hydrogen) atoms. The Hall–Kier alpha value is -1.89. The van der Waals surface area contributed by atoms with Crippen molar-refractivity contribution in [2.45, 2.75) is 25.7 Å². The van der Waals surface area contributed by atoms with E-state index in [1.165, 1.54) is 0 Å². The van der Waals surface area contributed by atoms with E-state index in [1.807, 2.05) is 0 Å². The fraction of sp³-hybridized carbons (Fsp3) is 0.357. The van der Waals surface area contributed by atoms with Crippen molar-refractivity contribution >= 4 is 5.97 Å². The van der Waals surface area contributed by atoms with Crippen LogP contribution in [-0.2, 0) is 0 Å². The number of carbonyl (C=O) groups is 1. The Morgan fingerprint density at radius 2 is 1.78 bits per heavy atom. The predicted molar refractivity (Wildman–Crippen MR) is 62.2 cm³/mol. The Labute approximate surface area is 104 Å². The summed E-state index contributed by atoms with van der Waals surface area (Å²) < 4.78 is 26.7.